The van der Waals surface area contributed by atoms with Crippen LogP contribution in [-0.4, -0.2) is 13.1 Å². The predicted molar refractivity (Wildman–Crippen MR) is 98.7 cm³/mol. The van der Waals surface area contributed by atoms with Crippen LogP contribution >= 0.6 is 23.2 Å². The van der Waals surface area contributed by atoms with E-state index in [0.29, 0.717) is 23.2 Å². The van der Waals surface area contributed by atoms with E-state index < -0.39 is 0 Å². The van der Waals surface area contributed by atoms with Gasteiger partial charge < -0.3 is 11.5 Å². The molecule has 2 aromatic rings. The molecule has 0 unspecified atom stereocenters. The van der Waals surface area contributed by atoms with Gasteiger partial charge in [-0.2, -0.15) is 0 Å². The lowest BCUT2D eigenvalue weighted by molar-refractivity contribution is 1.26. The number of benzene rings is 2. The summed E-state index contributed by atoms with van der Waals surface area (Å²) in [5.74, 6) is 0. The van der Waals surface area contributed by atoms with Crippen LogP contribution in [0, 0.1) is 0 Å². The van der Waals surface area contributed by atoms with Crippen LogP contribution in [-0.2, 0) is 0 Å². The Balaban J connectivity index is 0.000000220. The van der Waals surface area contributed by atoms with Crippen molar-refractivity contribution in [2.24, 2.45) is 11.5 Å². The molecule has 0 amide bonds. The Morgan fingerprint density at radius 2 is 1.00 bits per heavy atom. The lowest BCUT2D eigenvalue weighted by atomic mass is 10.2. The molecule has 0 fully saturated rings. The molecular weight excluding hydrogens is 315 g/mol. The van der Waals surface area contributed by atoms with Crippen LogP contribution in [0.2, 0.25) is 0 Å². The zero-order chi connectivity index (χ0) is 16.2. The van der Waals surface area contributed by atoms with Crippen molar-refractivity contribution in [1.82, 2.24) is 0 Å². The fraction of sp³-hybridized carbons (Fsp3) is 0.111. The summed E-state index contributed by atoms with van der Waals surface area (Å²) in [6, 6.07) is 19.5. The quantitative estimate of drug-likeness (QED) is 0.867. The van der Waals surface area contributed by atoms with Gasteiger partial charge in [-0.3, -0.25) is 0 Å². The maximum Gasteiger partial charge on any atom is 0.0451 e. The Labute approximate surface area is 142 Å². The average Bonchev–Trinajstić information content (AvgIpc) is 2.57. The topological polar surface area (TPSA) is 52.0 Å². The lowest BCUT2D eigenvalue weighted by Gasteiger charge is -1.96. The third-order valence-electron chi connectivity index (χ3n) is 2.69. The SMILES string of the molecule is NC/C=C(/Cl)c1ccccc1.NC/C=C(\Cl)c1ccccc1. The molecule has 2 nitrogen and oxygen atoms in total. The molecule has 4 N–H and O–H groups in total. The lowest BCUT2D eigenvalue weighted by Crippen LogP contribution is -1.93. The van der Waals surface area contributed by atoms with Gasteiger partial charge in [0.25, 0.3) is 0 Å². The number of nitrogens with two attached hydrogens (primary N) is 2. The summed E-state index contributed by atoms with van der Waals surface area (Å²) < 4.78 is 0. The molecule has 0 saturated heterocycles. The van der Waals surface area contributed by atoms with Crippen LogP contribution in [0.4, 0.5) is 0 Å². The second kappa shape index (κ2) is 11.0. The van der Waals surface area contributed by atoms with Crippen LogP contribution < -0.4 is 11.5 Å². The molecule has 0 bridgehead atoms. The van der Waals surface area contributed by atoms with Crippen molar-refractivity contribution in [3.05, 3.63) is 83.9 Å². The number of hydrogen-bond acceptors (Lipinski definition) is 2. The highest BCUT2D eigenvalue weighted by molar-refractivity contribution is 6.49. The zero-order valence-corrected chi connectivity index (χ0v) is 13.8. The van der Waals surface area contributed by atoms with Gasteiger partial charge >= 0.3 is 0 Å². The maximum absolute atomic E-state index is 5.89. The smallest absolute Gasteiger partial charge is 0.0451 e. The van der Waals surface area contributed by atoms with Gasteiger partial charge in [-0.15, -0.1) is 0 Å². The zero-order valence-electron chi connectivity index (χ0n) is 12.3. The van der Waals surface area contributed by atoms with E-state index in [4.69, 9.17) is 34.7 Å². The Morgan fingerprint density at radius 1 is 0.682 bits per heavy atom. The first-order chi connectivity index (χ1) is 10.7. The van der Waals surface area contributed by atoms with Gasteiger partial charge in [0.05, 0.1) is 0 Å². The Hall–Kier alpha value is -1.58. The van der Waals surface area contributed by atoms with Gasteiger partial charge in [-0.05, 0) is 11.1 Å². The molecule has 2 aromatic carbocycles. The van der Waals surface area contributed by atoms with Gasteiger partial charge in [0.2, 0.25) is 0 Å². The Morgan fingerprint density at radius 3 is 1.27 bits per heavy atom. The predicted octanol–water partition coefficient (Wildman–Crippen LogP) is 4.45. The first-order valence-corrected chi connectivity index (χ1v) is 7.67. The molecule has 0 aliphatic carbocycles. The van der Waals surface area contributed by atoms with E-state index in [0.717, 1.165) is 11.1 Å². The summed E-state index contributed by atoms with van der Waals surface area (Å²) in [5, 5.41) is 1.43. The molecule has 2 rings (SSSR count). The van der Waals surface area contributed by atoms with Crippen molar-refractivity contribution < 1.29 is 0 Å². The molecule has 0 spiro atoms. The second-order valence-corrected chi connectivity index (χ2v) is 5.12. The molecule has 116 valence electrons. The molecule has 0 atom stereocenters. The van der Waals surface area contributed by atoms with Gasteiger partial charge in [0.15, 0.2) is 0 Å². The minimum atomic E-state index is 0.480. The molecule has 0 saturated carbocycles. The van der Waals surface area contributed by atoms with E-state index in [1.54, 1.807) is 12.2 Å². The summed E-state index contributed by atoms with van der Waals surface area (Å²) in [5.41, 5.74) is 12.6. The number of halogens is 2. The van der Waals surface area contributed by atoms with E-state index >= 15 is 0 Å². The fourth-order valence-corrected chi connectivity index (χ4v) is 2.07. The third-order valence-corrected chi connectivity index (χ3v) is 3.44. The van der Waals surface area contributed by atoms with E-state index in [-0.39, 0.29) is 0 Å². The van der Waals surface area contributed by atoms with Crippen molar-refractivity contribution in [2.75, 3.05) is 13.1 Å². The first-order valence-electron chi connectivity index (χ1n) is 6.91. The minimum Gasteiger partial charge on any atom is -0.327 e. The van der Waals surface area contributed by atoms with E-state index in [1.807, 2.05) is 60.7 Å². The first kappa shape index (κ1) is 18.5. The molecule has 0 radical (unpaired) electrons. The van der Waals surface area contributed by atoms with Gasteiger partial charge in [0.1, 0.15) is 0 Å². The Kier molecular flexibility index (Phi) is 9.28. The molecule has 4 heteroatoms. The van der Waals surface area contributed by atoms with E-state index in [1.165, 1.54) is 0 Å². The van der Waals surface area contributed by atoms with Crippen molar-refractivity contribution in [3.8, 4) is 0 Å². The minimum absolute atomic E-state index is 0.480. The highest BCUT2D eigenvalue weighted by Crippen LogP contribution is 2.17. The van der Waals surface area contributed by atoms with Crippen molar-refractivity contribution >= 4 is 33.3 Å². The monoisotopic (exact) mass is 334 g/mol. The molecule has 0 heterocycles. The maximum atomic E-state index is 5.89. The average molecular weight is 335 g/mol. The van der Waals surface area contributed by atoms with Crippen molar-refractivity contribution in [2.45, 2.75) is 0 Å². The summed E-state index contributed by atoms with van der Waals surface area (Å²) in [7, 11) is 0. The summed E-state index contributed by atoms with van der Waals surface area (Å²) in [6.07, 6.45) is 3.58. The van der Waals surface area contributed by atoms with Crippen LogP contribution in [0.1, 0.15) is 11.1 Å². The highest BCUT2D eigenvalue weighted by Gasteiger charge is 1.93. The summed E-state index contributed by atoms with van der Waals surface area (Å²) in [4.78, 5) is 0. The summed E-state index contributed by atoms with van der Waals surface area (Å²) in [6.45, 7) is 0.960. The van der Waals surface area contributed by atoms with Gasteiger partial charge in [-0.25, -0.2) is 0 Å². The third kappa shape index (κ3) is 6.92. The van der Waals surface area contributed by atoms with Gasteiger partial charge in [0, 0.05) is 23.2 Å². The van der Waals surface area contributed by atoms with Crippen LogP contribution in [0.5, 0.6) is 0 Å². The van der Waals surface area contributed by atoms with Crippen molar-refractivity contribution in [1.29, 1.82) is 0 Å². The van der Waals surface area contributed by atoms with E-state index in [9.17, 15) is 0 Å². The molecule has 0 aliphatic heterocycles. The Bertz CT molecular complexity index is 537. The molecule has 0 aliphatic rings. The van der Waals surface area contributed by atoms with E-state index in [2.05, 4.69) is 0 Å². The fourth-order valence-electron chi connectivity index (χ4n) is 1.64. The largest absolute Gasteiger partial charge is 0.327 e. The van der Waals surface area contributed by atoms with Crippen LogP contribution in [0.3, 0.4) is 0 Å². The van der Waals surface area contributed by atoms with Crippen LogP contribution in [0.25, 0.3) is 10.1 Å². The molecule has 22 heavy (non-hydrogen) atoms. The second-order valence-electron chi connectivity index (χ2n) is 4.31. The highest BCUT2D eigenvalue weighted by atomic mass is 35.5. The normalized spacial score (nSPS) is 11.6. The van der Waals surface area contributed by atoms with Gasteiger partial charge in [-0.1, -0.05) is 96.0 Å². The van der Waals surface area contributed by atoms with Crippen LogP contribution in [0.15, 0.2) is 72.8 Å². The molecular formula is C18H20Cl2N2. The standard InChI is InChI=1S/2C9H10ClN/c2*10-9(6-7-11)8-4-2-1-3-5-8/h2*1-6H,7,11H2/b9-6+;9-6-. The number of rotatable bonds is 4. The summed E-state index contributed by atoms with van der Waals surface area (Å²) >= 11 is 11.8. The molecule has 0 aromatic heterocycles. The number of hydrogen-bond donors (Lipinski definition) is 2. The van der Waals surface area contributed by atoms with Crippen molar-refractivity contribution in [3.63, 3.8) is 0 Å².